The molecule has 0 heterocycles. The smallest absolute Gasteiger partial charge is 0.408 e. The Bertz CT molecular complexity index is 351. The maximum absolute atomic E-state index is 11.6. The van der Waals surface area contributed by atoms with Gasteiger partial charge in [-0.3, -0.25) is 4.79 Å². The Labute approximate surface area is 101 Å². The molecule has 3 aliphatic carbocycles. The van der Waals surface area contributed by atoms with Crippen LogP contribution in [0.15, 0.2) is 0 Å². The molecule has 0 atom stereocenters. The summed E-state index contributed by atoms with van der Waals surface area (Å²) < 4.78 is 5.21. The van der Waals surface area contributed by atoms with Gasteiger partial charge in [-0.15, -0.1) is 0 Å². The molecule has 2 amide bonds. The maximum atomic E-state index is 11.6. The largest absolute Gasteiger partial charge is 0.444 e. The van der Waals surface area contributed by atoms with Gasteiger partial charge in [0.05, 0.1) is 5.54 Å². The van der Waals surface area contributed by atoms with E-state index in [9.17, 15) is 9.59 Å². The highest BCUT2D eigenvalue weighted by Crippen LogP contribution is 2.60. The van der Waals surface area contributed by atoms with Gasteiger partial charge in [0.2, 0.25) is 5.91 Å². The summed E-state index contributed by atoms with van der Waals surface area (Å²) in [5.74, 6) is -0.00410. The van der Waals surface area contributed by atoms with E-state index in [1.54, 1.807) is 0 Å². The second-order valence-electron chi connectivity index (χ2n) is 6.40. The molecule has 5 nitrogen and oxygen atoms in total. The van der Waals surface area contributed by atoms with Crippen LogP contribution < -0.4 is 10.6 Å². The first-order valence-electron chi connectivity index (χ1n) is 5.94. The van der Waals surface area contributed by atoms with Crippen molar-refractivity contribution in [3.8, 4) is 0 Å². The van der Waals surface area contributed by atoms with Crippen LogP contribution >= 0.6 is 0 Å². The average Bonchev–Trinajstić information content (AvgIpc) is 1.92. The topological polar surface area (TPSA) is 67.4 Å². The number of ether oxygens (including phenoxy) is 1. The van der Waals surface area contributed by atoms with Crippen molar-refractivity contribution in [2.45, 2.75) is 63.6 Å². The van der Waals surface area contributed by atoms with Gasteiger partial charge in [-0.1, -0.05) is 0 Å². The molecule has 3 saturated carbocycles. The molecule has 0 saturated heterocycles. The quantitative estimate of drug-likeness (QED) is 0.765. The minimum Gasteiger partial charge on any atom is -0.444 e. The third-order valence-electron chi connectivity index (χ3n) is 3.24. The number of nitrogens with one attached hydrogen (secondary N) is 2. The fraction of sp³-hybridized carbons (Fsp3) is 0.833. The fourth-order valence-electron chi connectivity index (χ4n) is 2.95. The predicted molar refractivity (Wildman–Crippen MR) is 62.5 cm³/mol. The molecule has 3 rings (SSSR count). The molecule has 2 N–H and O–H groups in total. The van der Waals surface area contributed by atoms with Crippen LogP contribution in [0.3, 0.4) is 0 Å². The first-order chi connectivity index (χ1) is 7.64. The summed E-state index contributed by atoms with van der Waals surface area (Å²) in [5, 5.41) is 5.84. The molecule has 0 aromatic heterocycles. The lowest BCUT2D eigenvalue weighted by Crippen LogP contribution is -2.83. The van der Waals surface area contributed by atoms with Crippen molar-refractivity contribution in [2.75, 3.05) is 0 Å². The fourth-order valence-corrected chi connectivity index (χ4v) is 2.95. The van der Waals surface area contributed by atoms with Crippen molar-refractivity contribution < 1.29 is 14.3 Å². The van der Waals surface area contributed by atoms with Crippen molar-refractivity contribution in [1.29, 1.82) is 0 Å². The maximum Gasteiger partial charge on any atom is 0.408 e. The van der Waals surface area contributed by atoms with E-state index < -0.39 is 5.60 Å². The average molecular weight is 240 g/mol. The van der Waals surface area contributed by atoms with Crippen molar-refractivity contribution in [1.82, 2.24) is 10.6 Å². The second kappa shape index (κ2) is 3.37. The molecule has 0 aliphatic heterocycles. The summed E-state index contributed by atoms with van der Waals surface area (Å²) in [7, 11) is 0. The molecule has 96 valence electrons. The van der Waals surface area contributed by atoms with Gasteiger partial charge in [0.25, 0.3) is 0 Å². The minimum absolute atomic E-state index is 0.00410. The van der Waals surface area contributed by atoms with E-state index in [-0.39, 0.29) is 23.1 Å². The highest BCUT2D eigenvalue weighted by molar-refractivity contribution is 5.76. The Balaban J connectivity index is 1.78. The SMILES string of the molecule is CC(=O)NC12CC(NC(=O)OC(C)(C)C)(C1)C2. The Morgan fingerprint density at radius 1 is 1.06 bits per heavy atom. The van der Waals surface area contributed by atoms with Crippen molar-refractivity contribution >= 4 is 12.0 Å². The van der Waals surface area contributed by atoms with Gasteiger partial charge in [0.15, 0.2) is 0 Å². The highest BCUT2D eigenvalue weighted by Gasteiger charge is 2.69. The van der Waals surface area contributed by atoms with Gasteiger partial charge in [0, 0.05) is 12.5 Å². The molecule has 0 aromatic carbocycles. The molecule has 0 spiro atoms. The van der Waals surface area contributed by atoms with Crippen LogP contribution in [-0.2, 0) is 9.53 Å². The second-order valence-corrected chi connectivity index (χ2v) is 6.40. The molecule has 5 heteroatoms. The summed E-state index contributed by atoms with van der Waals surface area (Å²) in [5.41, 5.74) is -0.658. The van der Waals surface area contributed by atoms with E-state index >= 15 is 0 Å². The van der Waals surface area contributed by atoms with Crippen molar-refractivity contribution in [3.63, 3.8) is 0 Å². The third kappa shape index (κ3) is 2.37. The van der Waals surface area contributed by atoms with Gasteiger partial charge in [0.1, 0.15) is 5.60 Å². The molecular formula is C12H20N2O3. The van der Waals surface area contributed by atoms with E-state index in [4.69, 9.17) is 4.74 Å². The standard InChI is InChI=1S/C12H20N2O3/c1-8(15)13-11-5-12(6-11,7-11)14-9(16)17-10(2,3)4/h5-7H2,1-4H3,(H,13,15)(H,14,16). The van der Waals surface area contributed by atoms with Crippen molar-refractivity contribution in [2.24, 2.45) is 0 Å². The Kier molecular flexibility index (Phi) is 2.42. The minimum atomic E-state index is -0.469. The Morgan fingerprint density at radius 3 is 1.94 bits per heavy atom. The summed E-state index contributed by atoms with van der Waals surface area (Å²) in [4.78, 5) is 22.6. The monoisotopic (exact) mass is 240 g/mol. The highest BCUT2D eigenvalue weighted by atomic mass is 16.6. The number of carbonyl (C=O) groups excluding carboxylic acids is 2. The van der Waals surface area contributed by atoms with Crippen LogP contribution in [0.5, 0.6) is 0 Å². The summed E-state index contributed by atoms with van der Waals surface area (Å²) in [6.45, 7) is 7.04. The van der Waals surface area contributed by atoms with Gasteiger partial charge in [-0.2, -0.15) is 0 Å². The summed E-state index contributed by atoms with van der Waals surface area (Å²) in [6, 6.07) is 0. The number of amides is 2. The first kappa shape index (κ1) is 12.2. The summed E-state index contributed by atoms with van der Waals surface area (Å²) in [6.07, 6.45) is 2.09. The lowest BCUT2D eigenvalue weighted by molar-refractivity contribution is -0.138. The molecule has 0 radical (unpaired) electrons. The van der Waals surface area contributed by atoms with Crippen LogP contribution in [0.2, 0.25) is 0 Å². The van der Waals surface area contributed by atoms with Gasteiger partial charge < -0.3 is 15.4 Å². The first-order valence-corrected chi connectivity index (χ1v) is 5.94. The zero-order valence-corrected chi connectivity index (χ0v) is 10.8. The summed E-state index contributed by atoms with van der Waals surface area (Å²) >= 11 is 0. The van der Waals surface area contributed by atoms with Crippen LogP contribution in [0.4, 0.5) is 4.79 Å². The molecule has 0 aromatic rings. The van der Waals surface area contributed by atoms with Crippen LogP contribution in [0, 0.1) is 0 Å². The van der Waals surface area contributed by atoms with Gasteiger partial charge in [-0.25, -0.2) is 4.79 Å². The van der Waals surface area contributed by atoms with E-state index in [2.05, 4.69) is 10.6 Å². The van der Waals surface area contributed by atoms with E-state index in [1.807, 2.05) is 20.8 Å². The zero-order chi connectivity index (χ0) is 12.9. The van der Waals surface area contributed by atoms with E-state index in [0.29, 0.717) is 0 Å². The Morgan fingerprint density at radius 2 is 1.53 bits per heavy atom. The molecule has 3 aliphatic rings. The molecule has 17 heavy (non-hydrogen) atoms. The zero-order valence-electron chi connectivity index (χ0n) is 10.8. The normalized spacial score (nSPS) is 34.1. The molecule has 0 unspecified atom stereocenters. The van der Waals surface area contributed by atoms with Crippen LogP contribution in [-0.4, -0.2) is 28.7 Å². The van der Waals surface area contributed by atoms with E-state index in [0.717, 1.165) is 19.3 Å². The lowest BCUT2D eigenvalue weighted by atomic mass is 9.44. The number of carbonyl (C=O) groups is 2. The van der Waals surface area contributed by atoms with Crippen molar-refractivity contribution in [3.05, 3.63) is 0 Å². The number of rotatable bonds is 2. The van der Waals surface area contributed by atoms with Gasteiger partial charge in [-0.05, 0) is 40.0 Å². The predicted octanol–water partition coefficient (Wildman–Crippen LogP) is 1.32. The number of hydrogen-bond donors (Lipinski definition) is 2. The number of hydrogen-bond acceptors (Lipinski definition) is 3. The van der Waals surface area contributed by atoms with Crippen LogP contribution in [0.1, 0.15) is 47.0 Å². The Hall–Kier alpha value is -1.26. The third-order valence-corrected chi connectivity index (χ3v) is 3.24. The molecule has 3 fully saturated rings. The molecular weight excluding hydrogens is 220 g/mol. The lowest BCUT2D eigenvalue weighted by Gasteiger charge is -2.70. The van der Waals surface area contributed by atoms with Gasteiger partial charge >= 0.3 is 6.09 Å². The number of alkyl carbamates (subject to hydrolysis) is 1. The molecule has 2 bridgehead atoms. The van der Waals surface area contributed by atoms with Crippen LogP contribution in [0.25, 0.3) is 0 Å². The van der Waals surface area contributed by atoms with E-state index in [1.165, 1.54) is 6.92 Å².